The number of amides is 3. The molecule has 0 fully saturated rings. The zero-order chi connectivity index (χ0) is 19.4. The van der Waals surface area contributed by atoms with Gasteiger partial charge in [0.15, 0.2) is 0 Å². The zero-order valence-corrected chi connectivity index (χ0v) is 15.3. The number of hydrogen-bond acceptors (Lipinski definition) is 5. The van der Waals surface area contributed by atoms with Gasteiger partial charge in [-0.05, 0) is 43.9 Å². The van der Waals surface area contributed by atoms with E-state index in [1.165, 1.54) is 6.92 Å². The number of nitrogens with two attached hydrogens (primary N) is 1. The molecular formula is C18H28N4O4. The van der Waals surface area contributed by atoms with Crippen molar-refractivity contribution in [2.75, 3.05) is 18.9 Å². The van der Waals surface area contributed by atoms with Crippen LogP contribution in [-0.2, 0) is 20.9 Å². The van der Waals surface area contributed by atoms with Crippen LogP contribution in [0.5, 0.6) is 0 Å². The van der Waals surface area contributed by atoms with Gasteiger partial charge in [-0.3, -0.25) is 4.79 Å². The Morgan fingerprint density at radius 2 is 1.81 bits per heavy atom. The quantitative estimate of drug-likeness (QED) is 0.283. The summed E-state index contributed by atoms with van der Waals surface area (Å²) in [4.78, 5) is 34.9. The first-order chi connectivity index (χ1) is 12.4. The first-order valence-electron chi connectivity index (χ1n) is 8.72. The summed E-state index contributed by atoms with van der Waals surface area (Å²) in [6, 6.07) is 5.98. The normalized spacial score (nSPS) is 11.3. The molecule has 1 unspecified atom stereocenters. The minimum Gasteiger partial charge on any atom is -0.464 e. The lowest BCUT2D eigenvalue weighted by Gasteiger charge is -2.18. The van der Waals surface area contributed by atoms with Crippen molar-refractivity contribution in [3.8, 4) is 0 Å². The molecule has 0 aromatic heterocycles. The molecule has 0 saturated heterocycles. The smallest absolute Gasteiger partial charge is 0.328 e. The highest BCUT2D eigenvalue weighted by atomic mass is 16.5. The van der Waals surface area contributed by atoms with Crippen LogP contribution in [0.15, 0.2) is 24.3 Å². The zero-order valence-electron chi connectivity index (χ0n) is 15.3. The summed E-state index contributed by atoms with van der Waals surface area (Å²) in [5, 5.41) is 8.05. The molecule has 8 nitrogen and oxygen atoms in total. The van der Waals surface area contributed by atoms with Crippen LogP contribution in [0.3, 0.4) is 0 Å². The van der Waals surface area contributed by atoms with Crippen LogP contribution < -0.4 is 21.7 Å². The lowest BCUT2D eigenvalue weighted by atomic mass is 10.1. The van der Waals surface area contributed by atoms with E-state index in [0.717, 1.165) is 5.56 Å². The molecule has 0 heterocycles. The number of anilines is 1. The van der Waals surface area contributed by atoms with Crippen molar-refractivity contribution < 1.29 is 19.1 Å². The lowest BCUT2D eigenvalue weighted by Crippen LogP contribution is -2.46. The molecule has 0 radical (unpaired) electrons. The Balaban J connectivity index is 2.44. The molecule has 144 valence electrons. The van der Waals surface area contributed by atoms with Crippen LogP contribution in [0, 0.1) is 0 Å². The van der Waals surface area contributed by atoms with Crippen molar-refractivity contribution >= 4 is 23.6 Å². The number of carbonyl (C=O) groups is 3. The van der Waals surface area contributed by atoms with Crippen LogP contribution in [0.2, 0.25) is 0 Å². The maximum absolute atomic E-state index is 12.1. The molecule has 0 aliphatic rings. The molecular weight excluding hydrogens is 336 g/mol. The van der Waals surface area contributed by atoms with Crippen LogP contribution >= 0.6 is 0 Å². The predicted octanol–water partition coefficient (Wildman–Crippen LogP) is 1.31. The van der Waals surface area contributed by atoms with Gasteiger partial charge in [-0.15, -0.1) is 0 Å². The van der Waals surface area contributed by atoms with Gasteiger partial charge in [-0.25, -0.2) is 9.59 Å². The van der Waals surface area contributed by atoms with Crippen LogP contribution in [-0.4, -0.2) is 37.1 Å². The van der Waals surface area contributed by atoms with E-state index in [2.05, 4.69) is 16.0 Å². The van der Waals surface area contributed by atoms with E-state index in [0.29, 0.717) is 38.0 Å². The Kier molecular flexibility index (Phi) is 9.59. The van der Waals surface area contributed by atoms with E-state index in [1.54, 1.807) is 19.1 Å². The monoisotopic (exact) mass is 364 g/mol. The first kappa shape index (κ1) is 21.3. The molecule has 0 saturated carbocycles. The Bertz CT molecular complexity index is 589. The van der Waals surface area contributed by atoms with E-state index >= 15 is 0 Å². The molecule has 0 bridgehead atoms. The molecule has 0 aliphatic carbocycles. The van der Waals surface area contributed by atoms with Crippen molar-refractivity contribution in [1.82, 2.24) is 16.0 Å². The van der Waals surface area contributed by atoms with Gasteiger partial charge in [0.25, 0.3) is 0 Å². The van der Waals surface area contributed by atoms with Crippen LogP contribution in [0.1, 0.15) is 38.7 Å². The highest BCUT2D eigenvalue weighted by molar-refractivity contribution is 5.83. The summed E-state index contributed by atoms with van der Waals surface area (Å²) in [7, 11) is 0. The molecule has 0 spiro atoms. The molecule has 1 aromatic carbocycles. The summed E-state index contributed by atoms with van der Waals surface area (Å²) in [6.45, 7) is 4.27. The summed E-state index contributed by atoms with van der Waals surface area (Å²) < 4.78 is 5.01. The van der Waals surface area contributed by atoms with Crippen LogP contribution in [0.4, 0.5) is 10.5 Å². The standard InChI is InChI=1S/C18H28N4O4/c1-3-26-17(24)16(6-4-5-11-20-13(2)23)22-18(25)21-12-14-7-9-15(19)10-8-14/h7-10,16H,3-6,11-12,19H2,1-2H3,(H,20,23)(H2,21,22,25). The Morgan fingerprint density at radius 1 is 1.12 bits per heavy atom. The van der Waals surface area contributed by atoms with Gasteiger partial charge in [0, 0.05) is 25.7 Å². The van der Waals surface area contributed by atoms with Gasteiger partial charge >= 0.3 is 12.0 Å². The minimum atomic E-state index is -0.723. The average Bonchev–Trinajstić information content (AvgIpc) is 2.60. The summed E-state index contributed by atoms with van der Waals surface area (Å²) in [5.74, 6) is -0.554. The lowest BCUT2D eigenvalue weighted by molar-refractivity contribution is -0.145. The van der Waals surface area contributed by atoms with Crippen molar-refractivity contribution in [1.29, 1.82) is 0 Å². The molecule has 8 heteroatoms. The van der Waals surface area contributed by atoms with Crippen molar-refractivity contribution in [2.45, 2.75) is 45.7 Å². The van der Waals surface area contributed by atoms with Crippen LogP contribution in [0.25, 0.3) is 0 Å². The van der Waals surface area contributed by atoms with E-state index in [4.69, 9.17) is 10.5 Å². The van der Waals surface area contributed by atoms with Crippen molar-refractivity contribution in [2.24, 2.45) is 0 Å². The van der Waals surface area contributed by atoms with E-state index < -0.39 is 18.0 Å². The SMILES string of the molecule is CCOC(=O)C(CCCCNC(C)=O)NC(=O)NCc1ccc(N)cc1. The van der Waals surface area contributed by atoms with Gasteiger partial charge in [0.05, 0.1) is 6.61 Å². The van der Waals surface area contributed by atoms with E-state index in [-0.39, 0.29) is 12.5 Å². The summed E-state index contributed by atoms with van der Waals surface area (Å²) in [6.07, 6.45) is 1.82. The number of nitrogens with one attached hydrogen (secondary N) is 3. The van der Waals surface area contributed by atoms with E-state index in [1.807, 2.05) is 12.1 Å². The van der Waals surface area contributed by atoms with E-state index in [9.17, 15) is 14.4 Å². The third-order valence-electron chi connectivity index (χ3n) is 3.60. The summed E-state index contributed by atoms with van der Waals surface area (Å²) >= 11 is 0. The number of hydrogen-bond donors (Lipinski definition) is 4. The van der Waals surface area contributed by atoms with Gasteiger partial charge in [0.2, 0.25) is 5.91 Å². The van der Waals surface area contributed by atoms with Gasteiger partial charge < -0.3 is 26.4 Å². The number of ether oxygens (including phenoxy) is 1. The molecule has 3 amide bonds. The molecule has 1 atom stereocenters. The molecule has 5 N–H and O–H groups in total. The number of unbranched alkanes of at least 4 members (excludes halogenated alkanes) is 1. The number of rotatable bonds is 10. The topological polar surface area (TPSA) is 123 Å². The number of benzene rings is 1. The predicted molar refractivity (Wildman–Crippen MR) is 99.2 cm³/mol. The third kappa shape index (κ3) is 8.91. The third-order valence-corrected chi connectivity index (χ3v) is 3.60. The molecule has 0 aliphatic heterocycles. The second-order valence-corrected chi connectivity index (χ2v) is 5.85. The highest BCUT2D eigenvalue weighted by Gasteiger charge is 2.21. The molecule has 1 aromatic rings. The largest absolute Gasteiger partial charge is 0.464 e. The fourth-order valence-electron chi connectivity index (χ4n) is 2.26. The van der Waals surface area contributed by atoms with Gasteiger partial charge in [0.1, 0.15) is 6.04 Å². The maximum atomic E-state index is 12.1. The number of carbonyl (C=O) groups excluding carboxylic acids is 3. The Labute approximate surface area is 153 Å². The fourth-order valence-corrected chi connectivity index (χ4v) is 2.26. The second kappa shape index (κ2) is 11.7. The minimum absolute atomic E-state index is 0.0906. The number of urea groups is 1. The fraction of sp³-hybridized carbons (Fsp3) is 0.500. The maximum Gasteiger partial charge on any atom is 0.328 e. The molecule has 1 rings (SSSR count). The Morgan fingerprint density at radius 3 is 2.42 bits per heavy atom. The summed E-state index contributed by atoms with van der Waals surface area (Å²) in [5.41, 5.74) is 7.17. The van der Waals surface area contributed by atoms with Gasteiger partial charge in [-0.1, -0.05) is 12.1 Å². The number of nitrogen functional groups attached to an aromatic ring is 1. The van der Waals surface area contributed by atoms with Crippen molar-refractivity contribution in [3.05, 3.63) is 29.8 Å². The Hall–Kier alpha value is -2.77. The van der Waals surface area contributed by atoms with Crippen molar-refractivity contribution in [3.63, 3.8) is 0 Å². The second-order valence-electron chi connectivity index (χ2n) is 5.85. The number of esters is 1. The highest BCUT2D eigenvalue weighted by Crippen LogP contribution is 2.06. The first-order valence-corrected chi connectivity index (χ1v) is 8.72. The van der Waals surface area contributed by atoms with Gasteiger partial charge in [-0.2, -0.15) is 0 Å². The average molecular weight is 364 g/mol. The molecule has 26 heavy (non-hydrogen) atoms.